The van der Waals surface area contributed by atoms with E-state index in [2.05, 4.69) is 38.7 Å². The molecule has 15 heavy (non-hydrogen) atoms. The molecular weight excluding hydrogens is 180 g/mol. The molecule has 1 unspecified atom stereocenters. The van der Waals surface area contributed by atoms with Gasteiger partial charge in [0.15, 0.2) is 0 Å². The molecule has 0 aliphatic heterocycles. The highest BCUT2D eigenvalue weighted by molar-refractivity contribution is 4.85. The molecule has 0 saturated carbocycles. The summed E-state index contributed by atoms with van der Waals surface area (Å²) < 4.78 is 0. The maximum Gasteiger partial charge on any atom is -0.0319 e. The van der Waals surface area contributed by atoms with E-state index in [1.807, 2.05) is 0 Å². The zero-order chi connectivity index (χ0) is 11.4. The third-order valence-corrected chi connectivity index (χ3v) is 2.84. The Kier molecular flexibility index (Phi) is 11.2. The fraction of sp³-hybridized carbons (Fsp3) is 0.733. The van der Waals surface area contributed by atoms with E-state index in [4.69, 9.17) is 0 Å². The Balaban J connectivity index is 3.62. The summed E-state index contributed by atoms with van der Waals surface area (Å²) in [7, 11) is 0. The van der Waals surface area contributed by atoms with Crippen LogP contribution in [-0.2, 0) is 0 Å². The summed E-state index contributed by atoms with van der Waals surface area (Å²) >= 11 is 0. The van der Waals surface area contributed by atoms with Crippen molar-refractivity contribution < 1.29 is 0 Å². The van der Waals surface area contributed by atoms with Gasteiger partial charge in [0.25, 0.3) is 0 Å². The van der Waals surface area contributed by atoms with Crippen LogP contribution in [0.15, 0.2) is 24.8 Å². The van der Waals surface area contributed by atoms with E-state index >= 15 is 0 Å². The van der Waals surface area contributed by atoms with Crippen LogP contribution >= 0.6 is 0 Å². The fourth-order valence-electron chi connectivity index (χ4n) is 1.88. The third kappa shape index (κ3) is 9.78. The lowest BCUT2D eigenvalue weighted by Gasteiger charge is -2.12. The van der Waals surface area contributed by atoms with Crippen LogP contribution < -0.4 is 0 Å². The highest BCUT2D eigenvalue weighted by Gasteiger charge is 2.04. The van der Waals surface area contributed by atoms with Crippen molar-refractivity contribution in [2.45, 2.75) is 65.2 Å². The Bertz CT molecular complexity index is 155. The molecule has 0 heterocycles. The molecule has 0 aliphatic carbocycles. The average Bonchev–Trinajstić information content (AvgIpc) is 2.24. The Hall–Kier alpha value is -0.520. The van der Waals surface area contributed by atoms with Crippen molar-refractivity contribution >= 4 is 0 Å². The van der Waals surface area contributed by atoms with Gasteiger partial charge in [0, 0.05) is 0 Å². The van der Waals surface area contributed by atoms with Gasteiger partial charge in [-0.2, -0.15) is 0 Å². The standard InChI is InChI=1S/C15H28/c1-4-7-9-11-14-15(12-6-3)13-10-8-5-2/h6,8,10,15H,3-5,7,9,11-14H2,1-2H3/b10-8+. The Morgan fingerprint density at radius 2 is 1.80 bits per heavy atom. The van der Waals surface area contributed by atoms with Crippen LogP contribution in [0.1, 0.15) is 65.2 Å². The second-order valence-electron chi connectivity index (χ2n) is 4.36. The number of hydrogen-bond donors (Lipinski definition) is 0. The summed E-state index contributed by atoms with van der Waals surface area (Å²) in [4.78, 5) is 0. The minimum absolute atomic E-state index is 0.835. The van der Waals surface area contributed by atoms with Crippen molar-refractivity contribution in [3.63, 3.8) is 0 Å². The van der Waals surface area contributed by atoms with Crippen LogP contribution in [0.25, 0.3) is 0 Å². The molecule has 0 amide bonds. The van der Waals surface area contributed by atoms with Gasteiger partial charge in [0.05, 0.1) is 0 Å². The smallest absolute Gasteiger partial charge is 0.0319 e. The second kappa shape index (κ2) is 11.6. The summed E-state index contributed by atoms with van der Waals surface area (Å²) in [6, 6.07) is 0. The number of allylic oxidation sites excluding steroid dienone is 3. The minimum Gasteiger partial charge on any atom is -0.103 e. The van der Waals surface area contributed by atoms with Crippen molar-refractivity contribution in [3.05, 3.63) is 24.8 Å². The van der Waals surface area contributed by atoms with Crippen molar-refractivity contribution in [1.29, 1.82) is 0 Å². The van der Waals surface area contributed by atoms with Crippen molar-refractivity contribution in [2.24, 2.45) is 5.92 Å². The van der Waals surface area contributed by atoms with Gasteiger partial charge in [0.2, 0.25) is 0 Å². The molecule has 0 saturated heterocycles. The van der Waals surface area contributed by atoms with Gasteiger partial charge in [0.1, 0.15) is 0 Å². The van der Waals surface area contributed by atoms with Crippen LogP contribution in [0.2, 0.25) is 0 Å². The summed E-state index contributed by atoms with van der Waals surface area (Å²) in [6.45, 7) is 8.31. The molecule has 0 aromatic carbocycles. The first-order chi connectivity index (χ1) is 7.35. The van der Waals surface area contributed by atoms with Crippen LogP contribution in [0.5, 0.6) is 0 Å². The Labute approximate surface area is 96.5 Å². The molecule has 0 radical (unpaired) electrons. The number of hydrogen-bond acceptors (Lipinski definition) is 0. The zero-order valence-corrected chi connectivity index (χ0v) is 10.7. The second-order valence-corrected chi connectivity index (χ2v) is 4.36. The molecule has 0 spiro atoms. The van der Waals surface area contributed by atoms with E-state index in [1.165, 1.54) is 44.9 Å². The molecule has 0 N–H and O–H groups in total. The Morgan fingerprint density at radius 1 is 1.00 bits per heavy atom. The summed E-state index contributed by atoms with van der Waals surface area (Å²) in [5.74, 6) is 0.835. The average molecular weight is 208 g/mol. The van der Waals surface area contributed by atoms with E-state index in [1.54, 1.807) is 0 Å². The lowest BCUT2D eigenvalue weighted by molar-refractivity contribution is 0.462. The summed E-state index contributed by atoms with van der Waals surface area (Å²) in [5.41, 5.74) is 0. The van der Waals surface area contributed by atoms with Crippen molar-refractivity contribution in [2.75, 3.05) is 0 Å². The monoisotopic (exact) mass is 208 g/mol. The van der Waals surface area contributed by atoms with Gasteiger partial charge in [-0.15, -0.1) is 6.58 Å². The SMILES string of the molecule is C=CCC(C/C=C/CC)CCCCCC. The summed E-state index contributed by atoms with van der Waals surface area (Å²) in [5, 5.41) is 0. The van der Waals surface area contributed by atoms with Gasteiger partial charge in [-0.1, -0.05) is 57.8 Å². The van der Waals surface area contributed by atoms with Gasteiger partial charge in [-0.3, -0.25) is 0 Å². The van der Waals surface area contributed by atoms with E-state index in [0.717, 1.165) is 12.3 Å². The Morgan fingerprint density at radius 3 is 2.40 bits per heavy atom. The molecule has 0 heteroatoms. The molecule has 0 fully saturated rings. The molecular formula is C15H28. The van der Waals surface area contributed by atoms with Gasteiger partial charge < -0.3 is 0 Å². The summed E-state index contributed by atoms with van der Waals surface area (Å²) in [6.07, 6.45) is 17.2. The molecule has 0 aromatic heterocycles. The normalized spacial score (nSPS) is 13.2. The maximum atomic E-state index is 3.85. The number of unbranched alkanes of at least 4 members (excludes halogenated alkanes) is 3. The van der Waals surface area contributed by atoms with E-state index in [9.17, 15) is 0 Å². The molecule has 0 aromatic rings. The lowest BCUT2D eigenvalue weighted by Crippen LogP contribution is -1.97. The van der Waals surface area contributed by atoms with Crippen LogP contribution in [0.4, 0.5) is 0 Å². The first kappa shape index (κ1) is 14.5. The minimum atomic E-state index is 0.835. The molecule has 0 nitrogen and oxygen atoms in total. The van der Waals surface area contributed by atoms with Crippen molar-refractivity contribution in [1.82, 2.24) is 0 Å². The molecule has 0 rings (SSSR count). The highest BCUT2D eigenvalue weighted by Crippen LogP contribution is 2.19. The van der Waals surface area contributed by atoms with Crippen LogP contribution in [0, 0.1) is 5.92 Å². The van der Waals surface area contributed by atoms with E-state index < -0.39 is 0 Å². The third-order valence-electron chi connectivity index (χ3n) is 2.84. The van der Waals surface area contributed by atoms with E-state index in [0.29, 0.717) is 0 Å². The molecule has 88 valence electrons. The molecule has 0 aliphatic rings. The van der Waals surface area contributed by atoms with Gasteiger partial charge in [-0.25, -0.2) is 0 Å². The van der Waals surface area contributed by atoms with Crippen LogP contribution in [0.3, 0.4) is 0 Å². The predicted molar refractivity (Wildman–Crippen MR) is 71.1 cm³/mol. The zero-order valence-electron chi connectivity index (χ0n) is 10.7. The fourth-order valence-corrected chi connectivity index (χ4v) is 1.88. The first-order valence-corrected chi connectivity index (χ1v) is 6.61. The molecule has 0 bridgehead atoms. The topological polar surface area (TPSA) is 0 Å². The lowest BCUT2D eigenvalue weighted by atomic mass is 9.94. The van der Waals surface area contributed by atoms with Gasteiger partial charge >= 0.3 is 0 Å². The first-order valence-electron chi connectivity index (χ1n) is 6.61. The predicted octanol–water partition coefficient (Wildman–Crippen LogP) is 5.51. The van der Waals surface area contributed by atoms with Crippen LogP contribution in [-0.4, -0.2) is 0 Å². The quantitative estimate of drug-likeness (QED) is 0.328. The number of rotatable bonds is 10. The van der Waals surface area contributed by atoms with Crippen molar-refractivity contribution in [3.8, 4) is 0 Å². The van der Waals surface area contributed by atoms with Gasteiger partial charge in [-0.05, 0) is 31.6 Å². The maximum absolute atomic E-state index is 3.85. The highest BCUT2D eigenvalue weighted by atomic mass is 14.1. The molecule has 1 atom stereocenters. The largest absolute Gasteiger partial charge is 0.103 e. The van der Waals surface area contributed by atoms with E-state index in [-0.39, 0.29) is 0 Å².